The Morgan fingerprint density at radius 2 is 2.45 bits per heavy atom. The first-order chi connectivity index (χ1) is 5.16. The molecular weight excluding hydrogens is 144 g/mol. The summed E-state index contributed by atoms with van der Waals surface area (Å²) in [5.74, 6) is -0.613. The van der Waals surface area contributed by atoms with Crippen molar-refractivity contribution in [3.8, 4) is 0 Å². The van der Waals surface area contributed by atoms with Gasteiger partial charge in [0, 0.05) is 0 Å². The lowest BCUT2D eigenvalue weighted by molar-refractivity contribution is -0.142. The molecule has 4 nitrogen and oxygen atoms in total. The van der Waals surface area contributed by atoms with Crippen LogP contribution in [-0.4, -0.2) is 42.2 Å². The first-order valence-corrected chi connectivity index (χ1v) is 3.80. The number of carbonyl (C=O) groups is 1. The standard InChI is InChI=1S/C7H14N2O2/c1-9-3-2-5(4-8)6(9)7(10)11/h5-6H,2-4,8H2,1H3,(H,10,11)/t5-,6+/m0/s1. The smallest absolute Gasteiger partial charge is 0.321 e. The van der Waals surface area contributed by atoms with Crippen LogP contribution in [0, 0.1) is 5.92 Å². The predicted molar refractivity (Wildman–Crippen MR) is 41.2 cm³/mol. The van der Waals surface area contributed by atoms with Gasteiger partial charge in [-0.25, -0.2) is 0 Å². The molecule has 3 N–H and O–H groups in total. The molecule has 0 aromatic carbocycles. The summed E-state index contributed by atoms with van der Waals surface area (Å²) in [6, 6.07) is -0.361. The number of hydrogen-bond acceptors (Lipinski definition) is 3. The summed E-state index contributed by atoms with van der Waals surface area (Å²) >= 11 is 0. The number of likely N-dealkylation sites (tertiary alicyclic amines) is 1. The van der Waals surface area contributed by atoms with Crippen molar-refractivity contribution < 1.29 is 9.90 Å². The third kappa shape index (κ3) is 1.52. The lowest BCUT2D eigenvalue weighted by atomic mass is 10.0. The van der Waals surface area contributed by atoms with Gasteiger partial charge in [-0.1, -0.05) is 0 Å². The van der Waals surface area contributed by atoms with Gasteiger partial charge >= 0.3 is 5.97 Å². The minimum Gasteiger partial charge on any atom is -0.480 e. The van der Waals surface area contributed by atoms with Crippen molar-refractivity contribution in [2.75, 3.05) is 20.1 Å². The van der Waals surface area contributed by atoms with Gasteiger partial charge < -0.3 is 10.8 Å². The number of carboxylic acids is 1. The van der Waals surface area contributed by atoms with Crippen molar-refractivity contribution in [3.63, 3.8) is 0 Å². The summed E-state index contributed by atoms with van der Waals surface area (Å²) in [5, 5.41) is 8.79. The summed E-state index contributed by atoms with van der Waals surface area (Å²) < 4.78 is 0. The second-order valence-corrected chi connectivity index (χ2v) is 3.05. The lowest BCUT2D eigenvalue weighted by Gasteiger charge is -2.18. The Bertz CT molecular complexity index is 161. The van der Waals surface area contributed by atoms with Crippen molar-refractivity contribution in [2.24, 2.45) is 11.7 Å². The zero-order valence-corrected chi connectivity index (χ0v) is 6.66. The summed E-state index contributed by atoms with van der Waals surface area (Å²) in [6.45, 7) is 1.32. The van der Waals surface area contributed by atoms with E-state index in [1.54, 1.807) is 0 Å². The topological polar surface area (TPSA) is 66.6 Å². The molecule has 0 aromatic rings. The van der Waals surface area contributed by atoms with E-state index in [-0.39, 0.29) is 12.0 Å². The zero-order valence-electron chi connectivity index (χ0n) is 6.66. The molecule has 0 unspecified atom stereocenters. The van der Waals surface area contributed by atoms with Crippen LogP contribution >= 0.6 is 0 Å². The van der Waals surface area contributed by atoms with Crippen molar-refractivity contribution in [2.45, 2.75) is 12.5 Å². The molecule has 0 spiro atoms. The van der Waals surface area contributed by atoms with E-state index in [4.69, 9.17) is 10.8 Å². The highest BCUT2D eigenvalue weighted by atomic mass is 16.4. The van der Waals surface area contributed by atoms with Crippen molar-refractivity contribution >= 4 is 5.97 Å². The Balaban J connectivity index is 2.63. The monoisotopic (exact) mass is 158 g/mol. The number of aliphatic carboxylic acids is 1. The normalized spacial score (nSPS) is 32.5. The van der Waals surface area contributed by atoms with E-state index >= 15 is 0 Å². The van der Waals surface area contributed by atoms with Crippen molar-refractivity contribution in [3.05, 3.63) is 0 Å². The van der Waals surface area contributed by atoms with Crippen LogP contribution in [-0.2, 0) is 4.79 Å². The minimum atomic E-state index is -0.750. The molecule has 1 rings (SSSR count). The van der Waals surface area contributed by atoms with Crippen LogP contribution in [0.3, 0.4) is 0 Å². The Hall–Kier alpha value is -0.610. The quantitative estimate of drug-likeness (QED) is 0.560. The maximum Gasteiger partial charge on any atom is 0.321 e. The Labute approximate surface area is 66.0 Å². The number of rotatable bonds is 2. The number of nitrogens with two attached hydrogens (primary N) is 1. The fourth-order valence-corrected chi connectivity index (χ4v) is 1.66. The molecule has 11 heavy (non-hydrogen) atoms. The van der Waals surface area contributed by atoms with Gasteiger partial charge in [0.15, 0.2) is 0 Å². The van der Waals surface area contributed by atoms with Crippen LogP contribution < -0.4 is 5.73 Å². The number of hydrogen-bond donors (Lipinski definition) is 2. The van der Waals surface area contributed by atoms with Crippen molar-refractivity contribution in [1.29, 1.82) is 0 Å². The van der Waals surface area contributed by atoms with E-state index in [0.717, 1.165) is 13.0 Å². The summed E-state index contributed by atoms with van der Waals surface area (Å²) in [4.78, 5) is 12.5. The summed E-state index contributed by atoms with van der Waals surface area (Å²) in [5.41, 5.74) is 5.43. The molecule has 64 valence electrons. The van der Waals surface area contributed by atoms with Gasteiger partial charge in [-0.3, -0.25) is 9.69 Å². The summed E-state index contributed by atoms with van der Waals surface area (Å²) in [6.07, 6.45) is 0.907. The van der Waals surface area contributed by atoms with Crippen LogP contribution in [0.1, 0.15) is 6.42 Å². The minimum absolute atomic E-state index is 0.137. The van der Waals surface area contributed by atoms with Gasteiger partial charge in [-0.05, 0) is 32.5 Å². The highest BCUT2D eigenvalue weighted by Gasteiger charge is 2.35. The highest BCUT2D eigenvalue weighted by Crippen LogP contribution is 2.21. The fraction of sp³-hybridized carbons (Fsp3) is 0.857. The third-order valence-electron chi connectivity index (χ3n) is 2.33. The molecule has 1 saturated heterocycles. The highest BCUT2D eigenvalue weighted by molar-refractivity contribution is 5.74. The van der Waals surface area contributed by atoms with E-state index < -0.39 is 5.97 Å². The van der Waals surface area contributed by atoms with Gasteiger partial charge in [0.25, 0.3) is 0 Å². The molecule has 0 radical (unpaired) electrons. The average Bonchev–Trinajstić information content (AvgIpc) is 2.30. The van der Waals surface area contributed by atoms with E-state index in [2.05, 4.69) is 0 Å². The van der Waals surface area contributed by atoms with Crippen molar-refractivity contribution in [1.82, 2.24) is 4.90 Å². The maximum absolute atomic E-state index is 10.7. The van der Waals surface area contributed by atoms with Crippen LogP contribution in [0.15, 0.2) is 0 Å². The molecule has 1 heterocycles. The second kappa shape index (κ2) is 3.19. The molecule has 0 aromatic heterocycles. The van der Waals surface area contributed by atoms with Crippen LogP contribution in [0.5, 0.6) is 0 Å². The van der Waals surface area contributed by atoms with Gasteiger partial charge in [-0.15, -0.1) is 0 Å². The van der Waals surface area contributed by atoms with E-state index in [1.807, 2.05) is 11.9 Å². The maximum atomic E-state index is 10.7. The predicted octanol–water partition coefficient (Wildman–Crippen LogP) is -0.650. The molecule has 0 amide bonds. The molecular formula is C7H14N2O2. The molecule has 1 aliphatic rings. The third-order valence-corrected chi connectivity index (χ3v) is 2.33. The Morgan fingerprint density at radius 1 is 1.82 bits per heavy atom. The first kappa shape index (κ1) is 8.49. The van der Waals surface area contributed by atoms with Gasteiger partial charge in [0.05, 0.1) is 0 Å². The second-order valence-electron chi connectivity index (χ2n) is 3.05. The first-order valence-electron chi connectivity index (χ1n) is 3.80. The molecule has 2 atom stereocenters. The number of nitrogens with zero attached hydrogens (tertiary/aromatic N) is 1. The SMILES string of the molecule is CN1CC[C@@H](CN)[C@@H]1C(=O)O. The lowest BCUT2D eigenvalue weighted by Crippen LogP contribution is -2.39. The van der Waals surface area contributed by atoms with E-state index in [1.165, 1.54) is 0 Å². The molecule has 1 fully saturated rings. The summed E-state index contributed by atoms with van der Waals surface area (Å²) in [7, 11) is 1.83. The molecule has 0 saturated carbocycles. The number of carboxylic acid groups (broad SMARTS) is 1. The van der Waals surface area contributed by atoms with Crippen LogP contribution in [0.4, 0.5) is 0 Å². The fourth-order valence-electron chi connectivity index (χ4n) is 1.66. The van der Waals surface area contributed by atoms with Crippen LogP contribution in [0.25, 0.3) is 0 Å². The zero-order chi connectivity index (χ0) is 8.43. The van der Waals surface area contributed by atoms with Crippen LogP contribution in [0.2, 0.25) is 0 Å². The average molecular weight is 158 g/mol. The largest absolute Gasteiger partial charge is 0.480 e. The molecule has 4 heteroatoms. The number of likely N-dealkylation sites (N-methyl/N-ethyl adjacent to an activating group) is 1. The van der Waals surface area contributed by atoms with Gasteiger partial charge in [0.2, 0.25) is 0 Å². The van der Waals surface area contributed by atoms with E-state index in [0.29, 0.717) is 6.54 Å². The van der Waals surface area contributed by atoms with E-state index in [9.17, 15) is 4.79 Å². The molecule has 1 aliphatic heterocycles. The Morgan fingerprint density at radius 3 is 2.82 bits per heavy atom. The van der Waals surface area contributed by atoms with Gasteiger partial charge in [-0.2, -0.15) is 0 Å². The Kier molecular flexibility index (Phi) is 2.46. The van der Waals surface area contributed by atoms with Gasteiger partial charge in [0.1, 0.15) is 6.04 Å². The molecule has 0 aliphatic carbocycles. The molecule has 0 bridgehead atoms.